The number of benzene rings is 1. The number of rotatable bonds is 1. The van der Waals surface area contributed by atoms with E-state index in [4.69, 9.17) is 11.6 Å². The molecule has 0 amide bonds. The fourth-order valence-electron chi connectivity index (χ4n) is 1.30. The lowest BCUT2D eigenvalue weighted by atomic mass is 10.2. The molecule has 0 saturated carbocycles. The van der Waals surface area contributed by atoms with Crippen molar-refractivity contribution in [3.63, 3.8) is 0 Å². The van der Waals surface area contributed by atoms with Crippen LogP contribution in [0.25, 0.3) is 10.9 Å². The summed E-state index contributed by atoms with van der Waals surface area (Å²) in [4.78, 5) is 10.6. The molecule has 2 aromatic rings. The summed E-state index contributed by atoms with van der Waals surface area (Å²) in [5.74, 6) is 0. The standard InChI is InChI=1S/C9H7ClN2O/c1-12-4-7-8(10)3-2-6(5-13)9(7)11-12/h2-5H,1H3. The number of carbonyl (C=O) groups excluding carboxylic acids is 1. The van der Waals surface area contributed by atoms with Gasteiger partial charge < -0.3 is 0 Å². The zero-order valence-electron chi connectivity index (χ0n) is 6.99. The van der Waals surface area contributed by atoms with Gasteiger partial charge in [0.25, 0.3) is 0 Å². The minimum absolute atomic E-state index is 0.569. The maximum Gasteiger partial charge on any atom is 0.152 e. The predicted molar refractivity (Wildman–Crippen MR) is 51.1 cm³/mol. The van der Waals surface area contributed by atoms with Crippen molar-refractivity contribution < 1.29 is 4.79 Å². The van der Waals surface area contributed by atoms with Crippen molar-refractivity contribution in [2.75, 3.05) is 0 Å². The predicted octanol–water partition coefficient (Wildman–Crippen LogP) is 2.04. The normalized spacial score (nSPS) is 10.6. The van der Waals surface area contributed by atoms with Crippen LogP contribution in [0, 0.1) is 0 Å². The monoisotopic (exact) mass is 194 g/mol. The van der Waals surface area contributed by atoms with Crippen molar-refractivity contribution >= 4 is 28.8 Å². The van der Waals surface area contributed by atoms with E-state index in [-0.39, 0.29) is 0 Å². The minimum atomic E-state index is 0.569. The van der Waals surface area contributed by atoms with Crippen LogP contribution in [-0.4, -0.2) is 16.1 Å². The summed E-state index contributed by atoms with van der Waals surface area (Å²) in [6.07, 6.45) is 2.58. The van der Waals surface area contributed by atoms with E-state index in [1.807, 2.05) is 0 Å². The van der Waals surface area contributed by atoms with Crippen LogP contribution in [-0.2, 0) is 7.05 Å². The topological polar surface area (TPSA) is 34.9 Å². The molecule has 0 bridgehead atoms. The molecule has 0 aliphatic carbocycles. The van der Waals surface area contributed by atoms with Crippen molar-refractivity contribution in [1.29, 1.82) is 0 Å². The molecule has 2 rings (SSSR count). The number of halogens is 1. The van der Waals surface area contributed by atoms with Gasteiger partial charge in [-0.2, -0.15) is 5.10 Å². The van der Waals surface area contributed by atoms with Gasteiger partial charge in [-0.05, 0) is 12.1 Å². The summed E-state index contributed by atoms with van der Waals surface area (Å²) >= 11 is 5.93. The van der Waals surface area contributed by atoms with Gasteiger partial charge in [-0.25, -0.2) is 0 Å². The Morgan fingerprint density at radius 3 is 3.00 bits per heavy atom. The number of hydrogen-bond donors (Lipinski definition) is 0. The molecule has 0 atom stereocenters. The fourth-order valence-corrected chi connectivity index (χ4v) is 1.50. The molecule has 0 aliphatic rings. The maximum atomic E-state index is 10.6. The summed E-state index contributed by atoms with van der Waals surface area (Å²) in [5, 5.41) is 5.58. The van der Waals surface area contributed by atoms with Gasteiger partial charge >= 0.3 is 0 Å². The highest BCUT2D eigenvalue weighted by atomic mass is 35.5. The van der Waals surface area contributed by atoms with Crippen molar-refractivity contribution in [1.82, 2.24) is 9.78 Å². The second kappa shape index (κ2) is 2.85. The number of aldehydes is 1. The number of aromatic nitrogens is 2. The highest BCUT2D eigenvalue weighted by molar-refractivity contribution is 6.35. The molecule has 0 unspecified atom stereocenters. The van der Waals surface area contributed by atoms with Crippen molar-refractivity contribution in [2.45, 2.75) is 0 Å². The molecule has 4 heteroatoms. The third-order valence-corrected chi connectivity index (χ3v) is 2.23. The average molecular weight is 195 g/mol. The first-order valence-electron chi connectivity index (χ1n) is 3.79. The molecular weight excluding hydrogens is 188 g/mol. The van der Waals surface area contributed by atoms with Gasteiger partial charge in [0.15, 0.2) is 6.29 Å². The number of hydrogen-bond acceptors (Lipinski definition) is 2. The van der Waals surface area contributed by atoms with Gasteiger partial charge in [-0.15, -0.1) is 0 Å². The van der Waals surface area contributed by atoms with E-state index in [9.17, 15) is 4.79 Å². The van der Waals surface area contributed by atoms with E-state index in [0.717, 1.165) is 11.7 Å². The molecule has 0 aliphatic heterocycles. The Hall–Kier alpha value is -1.35. The van der Waals surface area contributed by atoms with Crippen LogP contribution in [0.3, 0.4) is 0 Å². The van der Waals surface area contributed by atoms with Crippen LogP contribution in [0.4, 0.5) is 0 Å². The molecule has 0 N–H and O–H groups in total. The lowest BCUT2D eigenvalue weighted by Gasteiger charge is -1.93. The van der Waals surface area contributed by atoms with Gasteiger partial charge in [0.1, 0.15) is 5.52 Å². The Bertz CT molecular complexity index is 476. The largest absolute Gasteiger partial charge is 0.298 e. The second-order valence-corrected chi connectivity index (χ2v) is 3.23. The fraction of sp³-hybridized carbons (Fsp3) is 0.111. The van der Waals surface area contributed by atoms with Crippen molar-refractivity contribution in [2.24, 2.45) is 7.05 Å². The van der Waals surface area contributed by atoms with Crippen LogP contribution < -0.4 is 0 Å². The SMILES string of the molecule is Cn1cc2c(Cl)ccc(C=O)c2n1. The lowest BCUT2D eigenvalue weighted by Crippen LogP contribution is -1.87. The third-order valence-electron chi connectivity index (χ3n) is 1.90. The zero-order chi connectivity index (χ0) is 9.42. The van der Waals surface area contributed by atoms with Crippen LogP contribution in [0.15, 0.2) is 18.3 Å². The second-order valence-electron chi connectivity index (χ2n) is 2.82. The van der Waals surface area contributed by atoms with E-state index in [1.165, 1.54) is 0 Å². The molecule has 1 aromatic carbocycles. The van der Waals surface area contributed by atoms with Crippen LogP contribution in [0.2, 0.25) is 5.02 Å². The maximum absolute atomic E-state index is 10.6. The van der Waals surface area contributed by atoms with Crippen LogP contribution in [0.1, 0.15) is 10.4 Å². The van der Waals surface area contributed by atoms with Gasteiger partial charge in [0, 0.05) is 24.2 Å². The van der Waals surface area contributed by atoms with Gasteiger partial charge in [0.2, 0.25) is 0 Å². The number of carbonyl (C=O) groups is 1. The third kappa shape index (κ3) is 1.21. The number of nitrogens with zero attached hydrogens (tertiary/aromatic N) is 2. The first-order valence-corrected chi connectivity index (χ1v) is 4.17. The smallest absolute Gasteiger partial charge is 0.152 e. The van der Waals surface area contributed by atoms with Crippen molar-refractivity contribution in [3.05, 3.63) is 28.9 Å². The molecule has 0 fully saturated rings. The number of fused-ring (bicyclic) bond motifs is 1. The van der Waals surface area contributed by atoms with Gasteiger partial charge in [-0.1, -0.05) is 11.6 Å². The zero-order valence-corrected chi connectivity index (χ0v) is 7.75. The van der Waals surface area contributed by atoms with Crippen LogP contribution in [0.5, 0.6) is 0 Å². The quantitative estimate of drug-likeness (QED) is 0.652. The lowest BCUT2D eigenvalue weighted by molar-refractivity contribution is 0.112. The molecule has 13 heavy (non-hydrogen) atoms. The van der Waals surface area contributed by atoms with E-state index in [0.29, 0.717) is 16.1 Å². The minimum Gasteiger partial charge on any atom is -0.298 e. The molecule has 0 spiro atoms. The molecule has 0 radical (unpaired) electrons. The first-order chi connectivity index (χ1) is 6.22. The first kappa shape index (κ1) is 8.26. The molecule has 1 heterocycles. The van der Waals surface area contributed by atoms with Crippen LogP contribution >= 0.6 is 11.6 Å². The van der Waals surface area contributed by atoms with Gasteiger partial charge in [0.05, 0.1) is 5.02 Å². The molecular formula is C9H7ClN2O. The van der Waals surface area contributed by atoms with Crippen molar-refractivity contribution in [3.8, 4) is 0 Å². The van der Waals surface area contributed by atoms with E-state index < -0.39 is 0 Å². The van der Waals surface area contributed by atoms with E-state index in [1.54, 1.807) is 30.1 Å². The highest BCUT2D eigenvalue weighted by Crippen LogP contribution is 2.24. The Morgan fingerprint density at radius 2 is 2.31 bits per heavy atom. The Labute approximate surface area is 79.9 Å². The Morgan fingerprint density at radius 1 is 1.54 bits per heavy atom. The summed E-state index contributed by atoms with van der Waals surface area (Å²) < 4.78 is 1.64. The van der Waals surface area contributed by atoms with E-state index >= 15 is 0 Å². The van der Waals surface area contributed by atoms with E-state index in [2.05, 4.69) is 5.10 Å². The molecule has 0 saturated heterocycles. The Balaban J connectivity index is 2.91. The summed E-state index contributed by atoms with van der Waals surface area (Å²) in [7, 11) is 1.80. The summed E-state index contributed by atoms with van der Waals surface area (Å²) in [5.41, 5.74) is 1.23. The average Bonchev–Trinajstić information content (AvgIpc) is 2.48. The number of aryl methyl sites for hydroxylation is 1. The highest BCUT2D eigenvalue weighted by Gasteiger charge is 2.07. The summed E-state index contributed by atoms with van der Waals surface area (Å²) in [6, 6.07) is 3.37. The van der Waals surface area contributed by atoms with Gasteiger partial charge in [-0.3, -0.25) is 9.48 Å². The molecule has 1 aromatic heterocycles. The Kier molecular flexibility index (Phi) is 1.81. The molecule has 3 nitrogen and oxygen atoms in total. The molecule has 66 valence electrons. The summed E-state index contributed by atoms with van der Waals surface area (Å²) in [6.45, 7) is 0.